The molecule has 0 spiro atoms. The van der Waals surface area contributed by atoms with Crippen molar-refractivity contribution in [2.75, 3.05) is 5.32 Å². The summed E-state index contributed by atoms with van der Waals surface area (Å²) in [5.41, 5.74) is 1.67. The molecule has 0 aliphatic heterocycles. The van der Waals surface area contributed by atoms with Crippen molar-refractivity contribution in [3.8, 4) is 11.3 Å². The van der Waals surface area contributed by atoms with Crippen LogP contribution in [0.1, 0.15) is 27.3 Å². The summed E-state index contributed by atoms with van der Waals surface area (Å²) in [6.07, 6.45) is -4.70. The Labute approximate surface area is 180 Å². The molecule has 2 aromatic heterocycles. The molecule has 0 saturated carbocycles. The van der Waals surface area contributed by atoms with Gasteiger partial charge in [0.15, 0.2) is 17.0 Å². The van der Waals surface area contributed by atoms with E-state index in [0.29, 0.717) is 20.8 Å². The van der Waals surface area contributed by atoms with Crippen LogP contribution in [0, 0.1) is 13.8 Å². The number of aromatic nitrogens is 3. The largest absolute Gasteiger partial charge is 0.433 e. The molecule has 2 aromatic carbocycles. The average Bonchev–Trinajstić information content (AvgIpc) is 3.10. The first-order valence-corrected chi connectivity index (χ1v) is 9.61. The molecule has 0 bridgehead atoms. The van der Waals surface area contributed by atoms with Gasteiger partial charge >= 0.3 is 6.18 Å². The number of nitrogens with zero attached hydrogens (tertiary/aromatic N) is 3. The van der Waals surface area contributed by atoms with Gasteiger partial charge in [-0.05, 0) is 55.3 Å². The van der Waals surface area contributed by atoms with Gasteiger partial charge in [-0.2, -0.15) is 18.3 Å². The van der Waals surface area contributed by atoms with Crippen LogP contribution in [0.5, 0.6) is 0 Å². The van der Waals surface area contributed by atoms with E-state index in [1.807, 2.05) is 19.9 Å². The number of halogens is 4. The summed E-state index contributed by atoms with van der Waals surface area (Å²) in [4.78, 5) is 16.9. The summed E-state index contributed by atoms with van der Waals surface area (Å²) < 4.78 is 41.8. The predicted octanol–water partition coefficient (Wildman–Crippen LogP) is 5.94. The number of rotatable bonds is 3. The maximum atomic E-state index is 13.7. The Morgan fingerprint density at radius 2 is 1.65 bits per heavy atom. The molecule has 4 rings (SSSR count). The van der Waals surface area contributed by atoms with Crippen LogP contribution in [0.25, 0.3) is 16.9 Å². The Morgan fingerprint density at radius 1 is 1.00 bits per heavy atom. The minimum absolute atomic E-state index is 0.0923. The number of carbonyl (C=O) groups excluding carboxylic acids is 1. The van der Waals surface area contributed by atoms with E-state index in [1.165, 1.54) is 6.07 Å². The van der Waals surface area contributed by atoms with Gasteiger partial charge < -0.3 is 5.32 Å². The molecule has 0 unspecified atom stereocenters. The van der Waals surface area contributed by atoms with Crippen LogP contribution < -0.4 is 5.32 Å². The number of alkyl halides is 3. The molecule has 31 heavy (non-hydrogen) atoms. The van der Waals surface area contributed by atoms with Crippen molar-refractivity contribution in [2.24, 2.45) is 0 Å². The lowest BCUT2D eigenvalue weighted by molar-refractivity contribution is -0.142. The van der Waals surface area contributed by atoms with Gasteiger partial charge in [0.2, 0.25) is 0 Å². The van der Waals surface area contributed by atoms with Gasteiger partial charge in [0.05, 0.1) is 5.69 Å². The third-order valence-corrected chi connectivity index (χ3v) is 4.82. The number of aryl methyl sites for hydroxylation is 2. The van der Waals surface area contributed by atoms with Gasteiger partial charge in [-0.3, -0.25) is 4.79 Å². The summed E-state index contributed by atoms with van der Waals surface area (Å²) in [7, 11) is 0. The maximum Gasteiger partial charge on any atom is 0.433 e. The third kappa shape index (κ3) is 4.39. The standard InChI is InChI=1S/C22H16ClF3N4O/c1-12-7-13(2)9-16(8-12)27-21(31)18-11-20-28-17(14-3-5-15(23)6-4-14)10-19(22(24,25)26)30(20)29-18/h3-11H,1-2H3,(H,27,31). The van der Waals surface area contributed by atoms with Crippen LogP contribution in [-0.2, 0) is 6.18 Å². The maximum absolute atomic E-state index is 13.7. The lowest BCUT2D eigenvalue weighted by atomic mass is 10.1. The normalized spacial score (nSPS) is 11.7. The summed E-state index contributed by atoms with van der Waals surface area (Å²) >= 11 is 5.86. The lowest BCUT2D eigenvalue weighted by Crippen LogP contribution is -2.16. The fourth-order valence-corrected chi connectivity index (χ4v) is 3.42. The van der Waals surface area contributed by atoms with Crippen molar-refractivity contribution in [1.29, 1.82) is 0 Å². The molecule has 158 valence electrons. The predicted molar refractivity (Wildman–Crippen MR) is 112 cm³/mol. The Morgan fingerprint density at radius 3 is 2.26 bits per heavy atom. The zero-order chi connectivity index (χ0) is 22.3. The van der Waals surface area contributed by atoms with Gasteiger partial charge in [0.1, 0.15) is 0 Å². The Hall–Kier alpha value is -3.39. The van der Waals surface area contributed by atoms with Crippen molar-refractivity contribution < 1.29 is 18.0 Å². The summed E-state index contributed by atoms with van der Waals surface area (Å²) in [6, 6.07) is 13.9. The van der Waals surface area contributed by atoms with Crippen LogP contribution in [-0.4, -0.2) is 20.5 Å². The Kier molecular flexibility index (Phi) is 5.18. The topological polar surface area (TPSA) is 59.3 Å². The average molecular weight is 445 g/mol. The van der Waals surface area contributed by atoms with Gasteiger partial charge in [-0.15, -0.1) is 0 Å². The second-order valence-corrected chi connectivity index (χ2v) is 7.60. The summed E-state index contributed by atoms with van der Waals surface area (Å²) in [5, 5.41) is 7.00. The van der Waals surface area contributed by atoms with Gasteiger partial charge in [-0.1, -0.05) is 29.8 Å². The van der Waals surface area contributed by atoms with E-state index in [1.54, 1.807) is 36.4 Å². The van der Waals surface area contributed by atoms with Gasteiger partial charge in [0, 0.05) is 22.3 Å². The third-order valence-electron chi connectivity index (χ3n) is 4.57. The van der Waals surface area contributed by atoms with Crippen molar-refractivity contribution in [1.82, 2.24) is 14.6 Å². The highest BCUT2D eigenvalue weighted by molar-refractivity contribution is 6.30. The van der Waals surface area contributed by atoms with E-state index in [0.717, 1.165) is 17.2 Å². The molecule has 0 aliphatic rings. The van der Waals surface area contributed by atoms with E-state index < -0.39 is 17.8 Å². The summed E-state index contributed by atoms with van der Waals surface area (Å²) in [6.45, 7) is 3.76. The van der Waals surface area contributed by atoms with E-state index in [2.05, 4.69) is 15.4 Å². The Bertz CT molecular complexity index is 1280. The molecule has 1 amide bonds. The van der Waals surface area contributed by atoms with Gasteiger partial charge in [0.25, 0.3) is 5.91 Å². The zero-order valence-electron chi connectivity index (χ0n) is 16.5. The number of benzene rings is 2. The second-order valence-electron chi connectivity index (χ2n) is 7.16. The van der Waals surface area contributed by atoms with Crippen molar-refractivity contribution in [3.63, 3.8) is 0 Å². The quantitative estimate of drug-likeness (QED) is 0.425. The minimum Gasteiger partial charge on any atom is -0.321 e. The number of hydrogen-bond acceptors (Lipinski definition) is 3. The van der Waals surface area contributed by atoms with Crippen LogP contribution >= 0.6 is 11.6 Å². The summed E-state index contributed by atoms with van der Waals surface area (Å²) in [5.74, 6) is -0.628. The molecule has 0 radical (unpaired) electrons. The lowest BCUT2D eigenvalue weighted by Gasteiger charge is -2.11. The number of fused-ring (bicyclic) bond motifs is 1. The van der Waals surface area contributed by atoms with Crippen molar-refractivity contribution in [2.45, 2.75) is 20.0 Å². The minimum atomic E-state index is -4.70. The highest BCUT2D eigenvalue weighted by Crippen LogP contribution is 2.32. The smallest absolute Gasteiger partial charge is 0.321 e. The van der Waals surface area contributed by atoms with Crippen LogP contribution in [0.4, 0.5) is 18.9 Å². The SMILES string of the molecule is Cc1cc(C)cc(NC(=O)c2cc3nc(-c4ccc(Cl)cc4)cc(C(F)(F)F)n3n2)c1. The molecule has 0 aliphatic carbocycles. The fraction of sp³-hybridized carbons (Fsp3) is 0.136. The molecular formula is C22H16ClF3N4O. The highest BCUT2D eigenvalue weighted by Gasteiger charge is 2.35. The first-order chi connectivity index (χ1) is 14.6. The number of hydrogen-bond donors (Lipinski definition) is 1. The molecule has 2 heterocycles. The van der Waals surface area contributed by atoms with E-state index >= 15 is 0 Å². The van der Waals surface area contributed by atoms with Crippen molar-refractivity contribution in [3.05, 3.63) is 82.1 Å². The monoisotopic (exact) mass is 444 g/mol. The molecule has 0 fully saturated rings. The molecule has 1 N–H and O–H groups in total. The van der Waals surface area contributed by atoms with Crippen LogP contribution in [0.3, 0.4) is 0 Å². The number of carbonyl (C=O) groups is 1. The zero-order valence-corrected chi connectivity index (χ0v) is 17.2. The van der Waals surface area contributed by atoms with Gasteiger partial charge in [-0.25, -0.2) is 9.50 Å². The molecule has 0 atom stereocenters. The molecule has 5 nitrogen and oxygen atoms in total. The highest BCUT2D eigenvalue weighted by atomic mass is 35.5. The first kappa shape index (κ1) is 20.9. The Balaban J connectivity index is 1.78. The van der Waals surface area contributed by atoms with Crippen LogP contribution in [0.2, 0.25) is 5.02 Å². The second kappa shape index (κ2) is 7.70. The molecular weight excluding hydrogens is 429 g/mol. The number of amides is 1. The first-order valence-electron chi connectivity index (χ1n) is 9.24. The number of anilines is 1. The number of nitrogens with one attached hydrogen (secondary N) is 1. The van der Waals surface area contributed by atoms with E-state index in [9.17, 15) is 18.0 Å². The molecule has 0 saturated heterocycles. The van der Waals surface area contributed by atoms with E-state index in [-0.39, 0.29) is 17.0 Å². The van der Waals surface area contributed by atoms with E-state index in [4.69, 9.17) is 11.6 Å². The van der Waals surface area contributed by atoms with Crippen LogP contribution in [0.15, 0.2) is 54.6 Å². The molecule has 9 heteroatoms. The van der Waals surface area contributed by atoms with Crippen molar-refractivity contribution >= 4 is 28.8 Å². The molecule has 4 aromatic rings. The fourth-order valence-electron chi connectivity index (χ4n) is 3.30.